The number of alkyl halides is 3. The molecule has 0 atom stereocenters. The highest BCUT2D eigenvalue weighted by atomic mass is 32.2. The van der Waals surface area contributed by atoms with Crippen LogP contribution in [0.5, 0.6) is 5.75 Å². The minimum Gasteiger partial charge on any atom is -0.404 e. The van der Waals surface area contributed by atoms with Gasteiger partial charge in [-0.2, -0.15) is 5.10 Å². The van der Waals surface area contributed by atoms with E-state index in [4.69, 9.17) is 0 Å². The molecule has 0 saturated heterocycles. The summed E-state index contributed by atoms with van der Waals surface area (Å²) in [5, 5.41) is 7.22. The lowest BCUT2D eigenvalue weighted by Gasteiger charge is -2.14. The van der Waals surface area contributed by atoms with Gasteiger partial charge in [-0.25, -0.2) is 23.1 Å². The van der Waals surface area contributed by atoms with E-state index in [0.29, 0.717) is 23.1 Å². The van der Waals surface area contributed by atoms with Gasteiger partial charge >= 0.3 is 6.36 Å². The third-order valence-electron chi connectivity index (χ3n) is 4.34. The third-order valence-corrected chi connectivity index (χ3v) is 5.76. The number of anilines is 3. The zero-order chi connectivity index (χ0) is 24.3. The van der Waals surface area contributed by atoms with Crippen molar-refractivity contribution < 1.29 is 26.3 Å². The van der Waals surface area contributed by atoms with E-state index < -0.39 is 27.0 Å². The zero-order valence-electron chi connectivity index (χ0n) is 17.5. The van der Waals surface area contributed by atoms with Gasteiger partial charge in [0.1, 0.15) is 22.3 Å². The first kappa shape index (κ1) is 23.0. The fourth-order valence-corrected chi connectivity index (χ4v) is 4.19. The first-order valence-corrected chi connectivity index (χ1v) is 11.2. The number of aromatic nitrogens is 4. The van der Waals surface area contributed by atoms with Crippen LogP contribution in [0.4, 0.5) is 30.4 Å². The second-order valence-electron chi connectivity index (χ2n) is 6.91. The predicted molar refractivity (Wildman–Crippen MR) is 118 cm³/mol. The van der Waals surface area contributed by atoms with E-state index in [1.165, 1.54) is 24.3 Å². The highest BCUT2D eigenvalue weighted by Gasteiger charge is 2.34. The molecule has 13 heteroatoms. The lowest BCUT2D eigenvalue weighted by molar-refractivity contribution is -0.275. The van der Waals surface area contributed by atoms with Gasteiger partial charge in [-0.1, -0.05) is 12.1 Å². The van der Waals surface area contributed by atoms with E-state index in [2.05, 4.69) is 29.8 Å². The van der Waals surface area contributed by atoms with Crippen LogP contribution in [-0.4, -0.2) is 34.5 Å². The SMILES string of the molecule is Cc1nc(Nc2ccc(NS(=O)(=O)c3ccccc3OC(F)(F)F)cc2)cc(-n2cccn2)n1. The quantitative estimate of drug-likeness (QED) is 0.395. The number of hydrogen-bond acceptors (Lipinski definition) is 7. The second-order valence-corrected chi connectivity index (χ2v) is 8.56. The summed E-state index contributed by atoms with van der Waals surface area (Å²) in [5.74, 6) is 0.737. The van der Waals surface area contributed by atoms with Crippen molar-refractivity contribution in [2.75, 3.05) is 10.0 Å². The van der Waals surface area contributed by atoms with Crippen molar-refractivity contribution in [1.29, 1.82) is 0 Å². The van der Waals surface area contributed by atoms with Crippen molar-refractivity contribution >= 4 is 27.2 Å². The van der Waals surface area contributed by atoms with Crippen LogP contribution in [0.25, 0.3) is 5.82 Å². The summed E-state index contributed by atoms with van der Waals surface area (Å²) >= 11 is 0. The number of hydrogen-bond donors (Lipinski definition) is 2. The van der Waals surface area contributed by atoms with Gasteiger partial charge in [0.15, 0.2) is 5.82 Å². The Labute approximate surface area is 192 Å². The standard InChI is InChI=1S/C21H17F3N6O3S/c1-14-26-19(13-20(27-14)30-12-4-11-25-30)28-15-7-9-16(10-8-15)29-34(31,32)18-6-3-2-5-17(18)33-21(22,23)24/h2-13,29H,1H3,(H,26,27,28). The molecule has 0 amide bonds. The Morgan fingerprint density at radius 1 is 0.971 bits per heavy atom. The number of aryl methyl sites for hydroxylation is 1. The van der Waals surface area contributed by atoms with Gasteiger partial charge in [-0.05, 0) is 49.4 Å². The first-order valence-electron chi connectivity index (χ1n) is 9.69. The van der Waals surface area contributed by atoms with Gasteiger partial charge in [-0.15, -0.1) is 13.2 Å². The van der Waals surface area contributed by atoms with E-state index in [-0.39, 0.29) is 5.69 Å². The van der Waals surface area contributed by atoms with Crippen molar-refractivity contribution in [3.05, 3.63) is 78.9 Å². The van der Waals surface area contributed by atoms with E-state index >= 15 is 0 Å². The molecule has 0 radical (unpaired) electrons. The third kappa shape index (κ3) is 5.61. The molecule has 0 aliphatic heterocycles. The minimum absolute atomic E-state index is 0.142. The second kappa shape index (κ2) is 9.02. The van der Waals surface area contributed by atoms with Crippen molar-refractivity contribution in [2.45, 2.75) is 18.2 Å². The molecule has 2 N–H and O–H groups in total. The Kier molecular flexibility index (Phi) is 6.11. The smallest absolute Gasteiger partial charge is 0.404 e. The highest BCUT2D eigenvalue weighted by molar-refractivity contribution is 7.92. The van der Waals surface area contributed by atoms with Gasteiger partial charge in [0.2, 0.25) is 0 Å². The highest BCUT2D eigenvalue weighted by Crippen LogP contribution is 2.31. The van der Waals surface area contributed by atoms with Crippen LogP contribution in [0, 0.1) is 6.92 Å². The molecule has 34 heavy (non-hydrogen) atoms. The van der Waals surface area contributed by atoms with Crippen LogP contribution >= 0.6 is 0 Å². The Balaban J connectivity index is 1.51. The van der Waals surface area contributed by atoms with Crippen molar-refractivity contribution in [1.82, 2.24) is 19.7 Å². The number of rotatable bonds is 7. The van der Waals surface area contributed by atoms with Crippen molar-refractivity contribution in [3.63, 3.8) is 0 Å². The Hall–Kier alpha value is -4.13. The number of sulfonamides is 1. The average Bonchev–Trinajstić information content (AvgIpc) is 3.29. The topological polar surface area (TPSA) is 111 Å². The molecule has 2 aromatic carbocycles. The number of nitrogens with zero attached hydrogens (tertiary/aromatic N) is 4. The Bertz CT molecular complexity index is 1390. The van der Waals surface area contributed by atoms with Gasteiger partial charge < -0.3 is 10.1 Å². The van der Waals surface area contributed by atoms with Crippen molar-refractivity contribution in [2.24, 2.45) is 0 Å². The Morgan fingerprint density at radius 3 is 2.35 bits per heavy atom. The van der Waals surface area contributed by atoms with E-state index in [1.807, 2.05) is 0 Å². The van der Waals surface area contributed by atoms with E-state index in [9.17, 15) is 21.6 Å². The molecule has 2 aromatic heterocycles. The molecule has 9 nitrogen and oxygen atoms in total. The molecule has 0 spiro atoms. The molecule has 0 aliphatic carbocycles. The van der Waals surface area contributed by atoms with Gasteiger partial charge in [-0.3, -0.25) is 4.72 Å². The summed E-state index contributed by atoms with van der Waals surface area (Å²) in [5.41, 5.74) is 0.733. The summed E-state index contributed by atoms with van der Waals surface area (Å²) in [6, 6.07) is 14.0. The number of ether oxygens (including phenoxy) is 1. The lowest BCUT2D eigenvalue weighted by atomic mass is 10.3. The maximum absolute atomic E-state index is 12.7. The number of benzene rings is 2. The molecular formula is C21H17F3N6O3S. The number of nitrogens with one attached hydrogen (secondary N) is 2. The summed E-state index contributed by atoms with van der Waals surface area (Å²) in [6.45, 7) is 1.73. The molecule has 4 aromatic rings. The fourth-order valence-electron chi connectivity index (χ4n) is 3.00. The van der Waals surface area contributed by atoms with Crippen LogP contribution in [-0.2, 0) is 10.0 Å². The van der Waals surface area contributed by atoms with Gasteiger partial charge in [0.05, 0.1) is 0 Å². The molecule has 0 fully saturated rings. The summed E-state index contributed by atoms with van der Waals surface area (Å²) in [4.78, 5) is 8.00. The van der Waals surface area contributed by atoms with Gasteiger partial charge in [0, 0.05) is 29.8 Å². The minimum atomic E-state index is -5.03. The van der Waals surface area contributed by atoms with Crippen LogP contribution < -0.4 is 14.8 Å². The maximum atomic E-state index is 12.7. The van der Waals surface area contributed by atoms with Crippen LogP contribution in [0.1, 0.15) is 5.82 Å². The Morgan fingerprint density at radius 2 is 1.68 bits per heavy atom. The fraction of sp³-hybridized carbons (Fsp3) is 0.0952. The van der Waals surface area contributed by atoms with Crippen LogP contribution in [0.15, 0.2) is 78.0 Å². The molecule has 4 rings (SSSR count). The van der Waals surface area contributed by atoms with Crippen molar-refractivity contribution in [3.8, 4) is 11.6 Å². The van der Waals surface area contributed by atoms with Gasteiger partial charge in [0.25, 0.3) is 10.0 Å². The number of halogens is 3. The molecule has 0 bridgehead atoms. The van der Waals surface area contributed by atoms with Crippen LogP contribution in [0.2, 0.25) is 0 Å². The number of para-hydroxylation sites is 1. The maximum Gasteiger partial charge on any atom is 0.573 e. The molecule has 2 heterocycles. The van der Waals surface area contributed by atoms with Crippen LogP contribution in [0.3, 0.4) is 0 Å². The molecule has 0 saturated carbocycles. The largest absolute Gasteiger partial charge is 0.573 e. The molecule has 176 valence electrons. The predicted octanol–water partition coefficient (Wildman–Crippen LogP) is 4.41. The molecule has 0 aliphatic rings. The normalized spacial score (nSPS) is 11.8. The zero-order valence-corrected chi connectivity index (χ0v) is 18.3. The summed E-state index contributed by atoms with van der Waals surface area (Å²) < 4.78 is 70.9. The van der Waals surface area contributed by atoms with E-state index in [1.54, 1.807) is 48.3 Å². The first-order chi connectivity index (χ1) is 16.1. The lowest BCUT2D eigenvalue weighted by Crippen LogP contribution is -2.20. The molecular weight excluding hydrogens is 473 g/mol. The summed E-state index contributed by atoms with van der Waals surface area (Å²) in [7, 11) is -4.35. The summed E-state index contributed by atoms with van der Waals surface area (Å²) in [6.07, 6.45) is -1.67. The monoisotopic (exact) mass is 490 g/mol. The average molecular weight is 490 g/mol. The van der Waals surface area contributed by atoms with E-state index in [0.717, 1.165) is 12.1 Å². The molecule has 0 unspecified atom stereocenters.